The Morgan fingerprint density at radius 2 is 1.90 bits per heavy atom. The second kappa shape index (κ2) is 6.10. The van der Waals surface area contributed by atoms with Gasteiger partial charge >= 0.3 is 0 Å². The molecule has 1 unspecified atom stereocenters. The minimum Gasteiger partial charge on any atom is -0.378 e. The number of nitrogens with one attached hydrogen (secondary N) is 1. The molecule has 2 aromatic carbocycles. The van der Waals surface area contributed by atoms with Crippen LogP contribution >= 0.6 is 0 Å². The molecule has 0 aromatic heterocycles. The Kier molecular flexibility index (Phi) is 4.24. The summed E-state index contributed by atoms with van der Waals surface area (Å²) in [6.45, 7) is 3.98. The highest BCUT2D eigenvalue weighted by atomic mass is 16.1. The van der Waals surface area contributed by atoms with E-state index in [2.05, 4.69) is 11.4 Å². The average Bonchev–Trinajstić information content (AvgIpc) is 2.49. The van der Waals surface area contributed by atoms with Gasteiger partial charge in [0.25, 0.3) is 0 Å². The number of carbonyl (C=O) groups excluding carboxylic acids is 1. The molecule has 0 saturated carbocycles. The highest BCUT2D eigenvalue weighted by Gasteiger charge is 2.09. The van der Waals surface area contributed by atoms with Gasteiger partial charge in [-0.15, -0.1) is 0 Å². The lowest BCUT2D eigenvalue weighted by molar-refractivity contribution is 0.1000. The predicted molar refractivity (Wildman–Crippen MR) is 82.9 cm³/mol. The first-order chi connectivity index (χ1) is 10.0. The lowest BCUT2D eigenvalue weighted by Gasteiger charge is -2.18. The highest BCUT2D eigenvalue weighted by Crippen LogP contribution is 2.23. The van der Waals surface area contributed by atoms with E-state index in [4.69, 9.17) is 11.0 Å². The number of carbonyl (C=O) groups is 1. The van der Waals surface area contributed by atoms with Crippen molar-refractivity contribution >= 4 is 11.6 Å². The van der Waals surface area contributed by atoms with Crippen molar-refractivity contribution in [3.8, 4) is 6.07 Å². The fraction of sp³-hybridized carbons (Fsp3) is 0.176. The maximum absolute atomic E-state index is 11.1. The summed E-state index contributed by atoms with van der Waals surface area (Å²) >= 11 is 0. The van der Waals surface area contributed by atoms with Crippen LogP contribution in [0.15, 0.2) is 42.5 Å². The topological polar surface area (TPSA) is 78.9 Å². The van der Waals surface area contributed by atoms with Crippen LogP contribution in [0, 0.1) is 18.3 Å². The third-order valence-corrected chi connectivity index (χ3v) is 3.42. The summed E-state index contributed by atoms with van der Waals surface area (Å²) in [5, 5.41) is 12.2. The van der Waals surface area contributed by atoms with Gasteiger partial charge in [0.15, 0.2) is 0 Å². The molecule has 2 rings (SSSR count). The van der Waals surface area contributed by atoms with Crippen LogP contribution in [0.25, 0.3) is 0 Å². The number of nitriles is 1. The molecule has 2 aromatic rings. The molecule has 0 aliphatic heterocycles. The standard InChI is InChI=1S/C17H17N3O/c1-11-9-15(17(19)21)7-8-16(11)20-12(2)14-5-3-13(10-18)4-6-14/h3-9,12,20H,1-2H3,(H2,19,21). The molecule has 0 aliphatic rings. The Labute approximate surface area is 124 Å². The molecule has 1 amide bonds. The first-order valence-corrected chi connectivity index (χ1v) is 6.68. The minimum atomic E-state index is -0.426. The number of anilines is 1. The molecule has 0 heterocycles. The fourth-order valence-corrected chi connectivity index (χ4v) is 2.14. The van der Waals surface area contributed by atoms with E-state index in [-0.39, 0.29) is 6.04 Å². The Hall–Kier alpha value is -2.80. The smallest absolute Gasteiger partial charge is 0.248 e. The number of amides is 1. The van der Waals surface area contributed by atoms with Gasteiger partial charge in [0.1, 0.15) is 0 Å². The monoisotopic (exact) mass is 279 g/mol. The predicted octanol–water partition coefficient (Wildman–Crippen LogP) is 3.14. The zero-order valence-electron chi connectivity index (χ0n) is 12.1. The molecule has 0 fully saturated rings. The number of nitrogens with zero attached hydrogens (tertiary/aromatic N) is 1. The number of aryl methyl sites for hydroxylation is 1. The fourth-order valence-electron chi connectivity index (χ4n) is 2.14. The van der Waals surface area contributed by atoms with Crippen molar-refractivity contribution in [2.75, 3.05) is 5.32 Å². The second-order valence-electron chi connectivity index (χ2n) is 4.99. The Bertz CT molecular complexity index is 699. The maximum atomic E-state index is 11.1. The molecule has 0 bridgehead atoms. The van der Waals surface area contributed by atoms with E-state index < -0.39 is 5.91 Å². The molecule has 0 spiro atoms. The van der Waals surface area contributed by atoms with E-state index in [0.717, 1.165) is 16.8 Å². The van der Waals surface area contributed by atoms with Crippen LogP contribution in [0.4, 0.5) is 5.69 Å². The molecule has 3 N–H and O–H groups in total. The number of hydrogen-bond acceptors (Lipinski definition) is 3. The lowest BCUT2D eigenvalue weighted by atomic mass is 10.0. The van der Waals surface area contributed by atoms with Crippen LogP contribution in [-0.2, 0) is 0 Å². The van der Waals surface area contributed by atoms with Gasteiger partial charge in [0, 0.05) is 17.3 Å². The van der Waals surface area contributed by atoms with E-state index in [1.807, 2.05) is 32.0 Å². The van der Waals surface area contributed by atoms with Crippen molar-refractivity contribution in [3.63, 3.8) is 0 Å². The zero-order chi connectivity index (χ0) is 15.4. The number of benzene rings is 2. The molecule has 4 nitrogen and oxygen atoms in total. The minimum absolute atomic E-state index is 0.0934. The Morgan fingerprint density at radius 3 is 2.43 bits per heavy atom. The van der Waals surface area contributed by atoms with Crippen LogP contribution in [0.3, 0.4) is 0 Å². The van der Waals surface area contributed by atoms with Crippen LogP contribution in [-0.4, -0.2) is 5.91 Å². The van der Waals surface area contributed by atoms with Gasteiger partial charge in [-0.25, -0.2) is 0 Å². The number of hydrogen-bond donors (Lipinski definition) is 2. The van der Waals surface area contributed by atoms with Crippen molar-refractivity contribution in [2.24, 2.45) is 5.73 Å². The summed E-state index contributed by atoms with van der Waals surface area (Å²) in [5.74, 6) is -0.426. The first-order valence-electron chi connectivity index (χ1n) is 6.68. The summed E-state index contributed by atoms with van der Waals surface area (Å²) in [6, 6.07) is 15.0. The van der Waals surface area contributed by atoms with E-state index in [1.165, 1.54) is 0 Å². The van der Waals surface area contributed by atoms with Crippen LogP contribution in [0.5, 0.6) is 0 Å². The Morgan fingerprint density at radius 1 is 1.24 bits per heavy atom. The molecule has 106 valence electrons. The summed E-state index contributed by atoms with van der Waals surface area (Å²) in [5.41, 5.74) is 9.43. The van der Waals surface area contributed by atoms with Crippen molar-refractivity contribution in [2.45, 2.75) is 19.9 Å². The van der Waals surface area contributed by atoms with Crippen molar-refractivity contribution in [3.05, 3.63) is 64.7 Å². The quantitative estimate of drug-likeness (QED) is 0.902. The highest BCUT2D eigenvalue weighted by molar-refractivity contribution is 5.93. The lowest BCUT2D eigenvalue weighted by Crippen LogP contribution is -2.12. The van der Waals surface area contributed by atoms with E-state index in [0.29, 0.717) is 11.1 Å². The van der Waals surface area contributed by atoms with Crippen molar-refractivity contribution in [1.82, 2.24) is 0 Å². The number of rotatable bonds is 4. The summed E-state index contributed by atoms with van der Waals surface area (Å²) in [7, 11) is 0. The summed E-state index contributed by atoms with van der Waals surface area (Å²) < 4.78 is 0. The van der Waals surface area contributed by atoms with Gasteiger partial charge in [-0.05, 0) is 55.3 Å². The van der Waals surface area contributed by atoms with Gasteiger partial charge in [0.05, 0.1) is 11.6 Å². The second-order valence-corrected chi connectivity index (χ2v) is 4.99. The molecular formula is C17H17N3O. The molecule has 4 heteroatoms. The van der Waals surface area contributed by atoms with Crippen molar-refractivity contribution < 1.29 is 4.79 Å². The molecule has 0 radical (unpaired) electrons. The van der Waals surface area contributed by atoms with Gasteiger partial charge in [-0.3, -0.25) is 4.79 Å². The first kappa shape index (κ1) is 14.6. The van der Waals surface area contributed by atoms with Gasteiger partial charge in [-0.2, -0.15) is 5.26 Å². The van der Waals surface area contributed by atoms with Gasteiger partial charge in [-0.1, -0.05) is 12.1 Å². The zero-order valence-corrected chi connectivity index (χ0v) is 12.1. The molecule has 1 atom stereocenters. The van der Waals surface area contributed by atoms with E-state index >= 15 is 0 Å². The van der Waals surface area contributed by atoms with Gasteiger partial charge < -0.3 is 11.1 Å². The van der Waals surface area contributed by atoms with Crippen molar-refractivity contribution in [1.29, 1.82) is 5.26 Å². The van der Waals surface area contributed by atoms with Crippen LogP contribution in [0.1, 0.15) is 40.0 Å². The summed E-state index contributed by atoms with van der Waals surface area (Å²) in [4.78, 5) is 11.1. The third-order valence-electron chi connectivity index (χ3n) is 3.42. The largest absolute Gasteiger partial charge is 0.378 e. The normalized spacial score (nSPS) is 11.5. The average molecular weight is 279 g/mol. The molecule has 0 aliphatic carbocycles. The maximum Gasteiger partial charge on any atom is 0.248 e. The molecular weight excluding hydrogens is 262 g/mol. The summed E-state index contributed by atoms with van der Waals surface area (Å²) in [6.07, 6.45) is 0. The van der Waals surface area contributed by atoms with Gasteiger partial charge in [0.2, 0.25) is 5.91 Å². The SMILES string of the molecule is Cc1cc(C(N)=O)ccc1NC(C)c1ccc(C#N)cc1. The molecule has 21 heavy (non-hydrogen) atoms. The molecule has 0 saturated heterocycles. The van der Waals surface area contributed by atoms with Crippen LogP contribution in [0.2, 0.25) is 0 Å². The number of primary amides is 1. The number of nitrogens with two attached hydrogens (primary N) is 1. The van der Waals surface area contributed by atoms with E-state index in [9.17, 15) is 4.79 Å². The Balaban J connectivity index is 2.17. The third kappa shape index (κ3) is 3.40. The van der Waals surface area contributed by atoms with Crippen LogP contribution < -0.4 is 11.1 Å². The van der Waals surface area contributed by atoms with E-state index in [1.54, 1.807) is 24.3 Å².